The fourth-order valence-corrected chi connectivity index (χ4v) is 3.41. The third kappa shape index (κ3) is 3.71. The summed E-state index contributed by atoms with van der Waals surface area (Å²) in [5.41, 5.74) is 1.04. The molecule has 0 aliphatic carbocycles. The SMILES string of the molecule is Cc1cnn([C@H](C)C(=O)NC2CCN(C(=O)N3CCCC3)CC2)c1. The molecule has 2 fully saturated rings. The van der Waals surface area contributed by atoms with Crippen molar-refractivity contribution in [2.45, 2.75) is 51.6 Å². The predicted molar refractivity (Wildman–Crippen MR) is 90.6 cm³/mol. The third-order valence-corrected chi connectivity index (χ3v) is 5.00. The molecule has 1 aromatic rings. The van der Waals surface area contributed by atoms with Gasteiger partial charge in [0.2, 0.25) is 5.91 Å². The Morgan fingerprint density at radius 3 is 2.38 bits per heavy atom. The molecule has 24 heavy (non-hydrogen) atoms. The number of hydrogen-bond donors (Lipinski definition) is 1. The van der Waals surface area contributed by atoms with Crippen molar-refractivity contribution in [1.29, 1.82) is 0 Å². The zero-order valence-electron chi connectivity index (χ0n) is 14.6. The second kappa shape index (κ2) is 7.23. The summed E-state index contributed by atoms with van der Waals surface area (Å²) in [7, 11) is 0. The number of aryl methyl sites for hydroxylation is 1. The minimum Gasteiger partial charge on any atom is -0.351 e. The standard InChI is InChI=1S/C17H27N5O2/c1-13-11-18-22(12-13)14(2)16(23)19-15-5-9-21(10-6-15)17(24)20-7-3-4-8-20/h11-12,14-15H,3-10H2,1-2H3,(H,19,23)/t14-/m1/s1. The van der Waals surface area contributed by atoms with Crippen LogP contribution in [0.2, 0.25) is 0 Å². The molecule has 3 rings (SSSR count). The summed E-state index contributed by atoms with van der Waals surface area (Å²) in [5, 5.41) is 7.31. The van der Waals surface area contributed by atoms with Gasteiger partial charge in [0.1, 0.15) is 6.04 Å². The number of nitrogens with one attached hydrogen (secondary N) is 1. The maximum absolute atomic E-state index is 12.4. The minimum absolute atomic E-state index is 0.0116. The zero-order valence-corrected chi connectivity index (χ0v) is 14.6. The first-order chi connectivity index (χ1) is 11.5. The third-order valence-electron chi connectivity index (χ3n) is 5.00. The Hall–Kier alpha value is -2.05. The number of nitrogens with zero attached hydrogens (tertiary/aromatic N) is 4. The molecule has 1 N–H and O–H groups in total. The van der Waals surface area contributed by atoms with E-state index >= 15 is 0 Å². The summed E-state index contributed by atoms with van der Waals surface area (Å²) in [6.45, 7) is 7.02. The fourth-order valence-electron chi connectivity index (χ4n) is 3.41. The Balaban J connectivity index is 1.46. The maximum atomic E-state index is 12.4. The van der Waals surface area contributed by atoms with Crippen LogP contribution in [-0.4, -0.2) is 63.7 Å². The van der Waals surface area contributed by atoms with Crippen LogP contribution in [0.15, 0.2) is 12.4 Å². The number of carbonyl (C=O) groups excluding carboxylic acids is 2. The molecule has 132 valence electrons. The van der Waals surface area contributed by atoms with E-state index in [-0.39, 0.29) is 24.0 Å². The van der Waals surface area contributed by atoms with Gasteiger partial charge in [-0.25, -0.2) is 4.79 Å². The molecule has 1 aromatic heterocycles. The molecule has 7 heteroatoms. The molecule has 2 aliphatic rings. The number of rotatable bonds is 3. The van der Waals surface area contributed by atoms with Crippen LogP contribution in [0.5, 0.6) is 0 Å². The first-order valence-corrected chi connectivity index (χ1v) is 8.89. The van der Waals surface area contributed by atoms with Crippen LogP contribution in [-0.2, 0) is 4.79 Å². The van der Waals surface area contributed by atoms with Crippen LogP contribution in [0, 0.1) is 6.92 Å². The molecule has 3 amide bonds. The highest BCUT2D eigenvalue weighted by Crippen LogP contribution is 2.17. The van der Waals surface area contributed by atoms with E-state index < -0.39 is 0 Å². The normalized spacial score (nSPS) is 20.2. The van der Waals surface area contributed by atoms with Crippen LogP contribution < -0.4 is 5.32 Å². The van der Waals surface area contributed by atoms with Crippen molar-refractivity contribution >= 4 is 11.9 Å². The van der Waals surface area contributed by atoms with Gasteiger partial charge in [-0.2, -0.15) is 5.10 Å². The largest absolute Gasteiger partial charge is 0.351 e. The molecular formula is C17H27N5O2. The summed E-state index contributed by atoms with van der Waals surface area (Å²) in [4.78, 5) is 28.6. The Bertz CT molecular complexity index is 586. The van der Waals surface area contributed by atoms with E-state index in [1.807, 2.05) is 29.8 Å². The Morgan fingerprint density at radius 2 is 1.79 bits per heavy atom. The number of piperidine rings is 1. The molecule has 1 atom stereocenters. The summed E-state index contributed by atoms with van der Waals surface area (Å²) < 4.78 is 1.69. The van der Waals surface area contributed by atoms with Gasteiger partial charge in [0.15, 0.2) is 0 Å². The number of carbonyl (C=O) groups is 2. The number of aromatic nitrogens is 2. The van der Waals surface area contributed by atoms with Gasteiger partial charge in [-0.1, -0.05) is 0 Å². The average molecular weight is 333 g/mol. The van der Waals surface area contributed by atoms with Gasteiger partial charge in [0.05, 0.1) is 6.20 Å². The molecule has 7 nitrogen and oxygen atoms in total. The lowest BCUT2D eigenvalue weighted by atomic mass is 10.0. The van der Waals surface area contributed by atoms with E-state index in [0.29, 0.717) is 0 Å². The van der Waals surface area contributed by atoms with E-state index in [1.54, 1.807) is 10.9 Å². The van der Waals surface area contributed by atoms with Crippen molar-refractivity contribution in [3.8, 4) is 0 Å². The Kier molecular flexibility index (Phi) is 5.06. The monoisotopic (exact) mass is 333 g/mol. The smallest absolute Gasteiger partial charge is 0.319 e. The van der Waals surface area contributed by atoms with Crippen molar-refractivity contribution in [1.82, 2.24) is 24.9 Å². The van der Waals surface area contributed by atoms with Crippen LogP contribution >= 0.6 is 0 Å². The van der Waals surface area contributed by atoms with Gasteiger partial charge in [-0.05, 0) is 45.1 Å². The second-order valence-corrected chi connectivity index (χ2v) is 6.92. The number of urea groups is 1. The van der Waals surface area contributed by atoms with Crippen molar-refractivity contribution in [3.05, 3.63) is 18.0 Å². The number of amides is 3. The molecule has 2 aliphatic heterocycles. The first-order valence-electron chi connectivity index (χ1n) is 8.89. The summed E-state index contributed by atoms with van der Waals surface area (Å²) in [5.74, 6) is -0.0116. The molecule has 0 spiro atoms. The topological polar surface area (TPSA) is 70.5 Å². The average Bonchev–Trinajstić information content (AvgIpc) is 3.25. The molecule has 0 unspecified atom stereocenters. The van der Waals surface area contributed by atoms with Crippen molar-refractivity contribution in [2.75, 3.05) is 26.2 Å². The number of likely N-dealkylation sites (tertiary alicyclic amines) is 2. The van der Waals surface area contributed by atoms with E-state index in [2.05, 4.69) is 10.4 Å². The summed E-state index contributed by atoms with van der Waals surface area (Å²) in [6, 6.07) is -0.0140. The second-order valence-electron chi connectivity index (χ2n) is 6.92. The van der Waals surface area contributed by atoms with E-state index in [9.17, 15) is 9.59 Å². The lowest BCUT2D eigenvalue weighted by Crippen LogP contribution is -2.50. The van der Waals surface area contributed by atoms with Gasteiger partial charge in [-0.15, -0.1) is 0 Å². The Morgan fingerprint density at radius 1 is 1.17 bits per heavy atom. The van der Waals surface area contributed by atoms with Crippen LogP contribution in [0.4, 0.5) is 4.79 Å². The van der Waals surface area contributed by atoms with Gasteiger partial charge < -0.3 is 15.1 Å². The molecule has 0 saturated carbocycles. The lowest BCUT2D eigenvalue weighted by Gasteiger charge is -2.35. The van der Waals surface area contributed by atoms with Crippen molar-refractivity contribution < 1.29 is 9.59 Å². The molecule has 2 saturated heterocycles. The van der Waals surface area contributed by atoms with E-state index in [1.165, 1.54) is 0 Å². The van der Waals surface area contributed by atoms with Crippen molar-refractivity contribution in [2.24, 2.45) is 0 Å². The van der Waals surface area contributed by atoms with E-state index in [4.69, 9.17) is 0 Å². The van der Waals surface area contributed by atoms with Crippen LogP contribution in [0.1, 0.15) is 44.2 Å². The highest BCUT2D eigenvalue weighted by molar-refractivity contribution is 5.80. The summed E-state index contributed by atoms with van der Waals surface area (Å²) >= 11 is 0. The minimum atomic E-state index is -0.317. The van der Waals surface area contributed by atoms with Crippen LogP contribution in [0.25, 0.3) is 0 Å². The molecule has 0 bridgehead atoms. The molecule has 0 radical (unpaired) electrons. The van der Waals surface area contributed by atoms with Crippen molar-refractivity contribution in [3.63, 3.8) is 0 Å². The van der Waals surface area contributed by atoms with Gasteiger partial charge in [-0.3, -0.25) is 9.48 Å². The van der Waals surface area contributed by atoms with Crippen LogP contribution in [0.3, 0.4) is 0 Å². The van der Waals surface area contributed by atoms with Gasteiger partial charge >= 0.3 is 6.03 Å². The van der Waals surface area contributed by atoms with Gasteiger partial charge in [0, 0.05) is 38.4 Å². The molecule has 3 heterocycles. The highest BCUT2D eigenvalue weighted by atomic mass is 16.2. The fraction of sp³-hybridized carbons (Fsp3) is 0.706. The lowest BCUT2D eigenvalue weighted by molar-refractivity contribution is -0.125. The van der Waals surface area contributed by atoms with Gasteiger partial charge in [0.25, 0.3) is 0 Å². The maximum Gasteiger partial charge on any atom is 0.319 e. The highest BCUT2D eigenvalue weighted by Gasteiger charge is 2.29. The number of hydrogen-bond acceptors (Lipinski definition) is 3. The Labute approximate surface area is 143 Å². The first kappa shape index (κ1) is 16.8. The zero-order chi connectivity index (χ0) is 17.1. The predicted octanol–water partition coefficient (Wildman–Crippen LogP) is 1.55. The molecule has 0 aromatic carbocycles. The summed E-state index contributed by atoms with van der Waals surface area (Å²) in [6.07, 6.45) is 7.49. The van der Waals surface area contributed by atoms with E-state index in [0.717, 1.165) is 57.4 Å². The quantitative estimate of drug-likeness (QED) is 0.912. The molecular weight excluding hydrogens is 306 g/mol.